The molecule has 0 radical (unpaired) electrons. The second kappa shape index (κ2) is 6.29. The van der Waals surface area contributed by atoms with Gasteiger partial charge in [-0.1, -0.05) is 19.3 Å². The van der Waals surface area contributed by atoms with Crippen LogP contribution in [0, 0.1) is 0 Å². The summed E-state index contributed by atoms with van der Waals surface area (Å²) in [5.41, 5.74) is 1.79. The summed E-state index contributed by atoms with van der Waals surface area (Å²) in [5.74, 6) is 0.725. The molecule has 1 N–H and O–H groups in total. The molecule has 7 heteroatoms. The van der Waals surface area contributed by atoms with Crippen LogP contribution < -0.4 is 5.32 Å². The molecule has 25 heavy (non-hydrogen) atoms. The summed E-state index contributed by atoms with van der Waals surface area (Å²) in [5, 5.41) is 3.87. The molecular formula is C18H20N2O4S. The summed E-state index contributed by atoms with van der Waals surface area (Å²) in [6, 6.07) is 4.66. The molecule has 1 atom stereocenters. The number of hydrogen-bond acceptors (Lipinski definition) is 5. The molecule has 2 heterocycles. The first kappa shape index (κ1) is 16.3. The van der Waals surface area contributed by atoms with Crippen molar-refractivity contribution in [3.8, 4) is 0 Å². The Balaban J connectivity index is 1.52. The number of fused-ring (bicyclic) bond motifs is 1. The Bertz CT molecular complexity index is 939. The van der Waals surface area contributed by atoms with E-state index in [9.17, 15) is 13.2 Å². The summed E-state index contributed by atoms with van der Waals surface area (Å²) in [7, 11) is -3.19. The third kappa shape index (κ3) is 3.46. The summed E-state index contributed by atoms with van der Waals surface area (Å²) in [6.45, 7) is 0. The van der Waals surface area contributed by atoms with Crippen molar-refractivity contribution in [2.75, 3.05) is 5.75 Å². The van der Waals surface area contributed by atoms with Gasteiger partial charge in [0.1, 0.15) is 5.52 Å². The van der Waals surface area contributed by atoms with Gasteiger partial charge < -0.3 is 9.73 Å². The summed E-state index contributed by atoms with van der Waals surface area (Å²) < 4.78 is 28.8. The fraction of sp³-hybridized carbons (Fsp3) is 0.444. The van der Waals surface area contributed by atoms with Crippen LogP contribution in [0.5, 0.6) is 0 Å². The van der Waals surface area contributed by atoms with E-state index in [1.807, 2.05) is 0 Å². The van der Waals surface area contributed by atoms with E-state index in [4.69, 9.17) is 4.42 Å². The van der Waals surface area contributed by atoms with Gasteiger partial charge in [-0.15, -0.1) is 0 Å². The van der Waals surface area contributed by atoms with Gasteiger partial charge in [0, 0.05) is 16.9 Å². The minimum absolute atomic E-state index is 0.0882. The summed E-state index contributed by atoms with van der Waals surface area (Å²) in [6.07, 6.45) is 7.38. The van der Waals surface area contributed by atoms with E-state index in [1.165, 1.54) is 25.3 Å². The van der Waals surface area contributed by atoms with Gasteiger partial charge in [-0.3, -0.25) is 4.79 Å². The number of carbonyl (C=O) groups excluding carboxylic acids is 1. The van der Waals surface area contributed by atoms with Crippen molar-refractivity contribution < 1.29 is 17.6 Å². The van der Waals surface area contributed by atoms with Gasteiger partial charge in [-0.2, -0.15) is 0 Å². The fourth-order valence-corrected chi connectivity index (χ4v) is 4.76. The number of nitrogens with one attached hydrogen (secondary N) is 1. The van der Waals surface area contributed by atoms with Crippen molar-refractivity contribution in [2.45, 2.75) is 44.1 Å². The Morgan fingerprint density at radius 1 is 1.20 bits per heavy atom. The molecular weight excluding hydrogens is 340 g/mol. The molecule has 0 spiro atoms. The number of rotatable bonds is 3. The van der Waals surface area contributed by atoms with E-state index in [2.05, 4.69) is 10.3 Å². The van der Waals surface area contributed by atoms with E-state index in [0.717, 1.165) is 29.7 Å². The molecule has 4 rings (SSSR count). The molecule has 1 saturated carbocycles. The Kier molecular flexibility index (Phi) is 4.11. The average Bonchev–Trinajstić information content (AvgIpc) is 3.17. The quantitative estimate of drug-likeness (QED) is 0.909. The van der Waals surface area contributed by atoms with Crippen molar-refractivity contribution in [3.05, 3.63) is 41.1 Å². The Labute approximate surface area is 146 Å². The second-order valence-corrected chi connectivity index (χ2v) is 8.74. The number of nitrogens with zero attached hydrogens (tertiary/aromatic N) is 1. The highest BCUT2D eigenvalue weighted by atomic mass is 32.2. The Morgan fingerprint density at radius 3 is 2.72 bits per heavy atom. The lowest BCUT2D eigenvalue weighted by Gasteiger charge is -2.17. The van der Waals surface area contributed by atoms with Crippen LogP contribution in [0.15, 0.2) is 34.1 Å². The molecule has 2 aliphatic rings. The van der Waals surface area contributed by atoms with Gasteiger partial charge in [-0.05, 0) is 37.1 Å². The van der Waals surface area contributed by atoms with Gasteiger partial charge >= 0.3 is 0 Å². The Hall–Kier alpha value is -2.15. The van der Waals surface area contributed by atoms with E-state index < -0.39 is 15.9 Å². The van der Waals surface area contributed by atoms with Crippen molar-refractivity contribution >= 4 is 26.8 Å². The zero-order valence-corrected chi connectivity index (χ0v) is 14.6. The molecule has 1 unspecified atom stereocenters. The SMILES string of the molecule is O=C(NC1C=CS(=O)(=O)C1)c1ccc2nc(C3CCCCC3)oc2c1. The summed E-state index contributed by atoms with van der Waals surface area (Å²) in [4.78, 5) is 16.9. The number of sulfone groups is 1. The molecule has 1 fully saturated rings. The average molecular weight is 360 g/mol. The van der Waals surface area contributed by atoms with E-state index in [1.54, 1.807) is 18.2 Å². The monoisotopic (exact) mass is 360 g/mol. The van der Waals surface area contributed by atoms with E-state index in [-0.39, 0.29) is 11.7 Å². The van der Waals surface area contributed by atoms with Crippen molar-refractivity contribution in [1.29, 1.82) is 0 Å². The standard InChI is InChI=1S/C18H20N2O4S/c21-17(19-14-8-9-25(22,23)11-14)13-6-7-15-16(10-13)24-18(20-15)12-4-2-1-3-5-12/h6-10,12,14H,1-5,11H2,(H,19,21). The van der Waals surface area contributed by atoms with Crippen molar-refractivity contribution in [2.24, 2.45) is 0 Å². The molecule has 6 nitrogen and oxygen atoms in total. The van der Waals surface area contributed by atoms with Gasteiger partial charge in [0.25, 0.3) is 5.91 Å². The molecule has 1 aliphatic heterocycles. The van der Waals surface area contributed by atoms with Gasteiger partial charge in [-0.25, -0.2) is 13.4 Å². The normalized spacial score (nSPS) is 23.1. The van der Waals surface area contributed by atoms with Crippen LogP contribution in [0.2, 0.25) is 0 Å². The summed E-state index contributed by atoms with van der Waals surface area (Å²) >= 11 is 0. The second-order valence-electron chi connectivity index (χ2n) is 6.81. The minimum atomic E-state index is -3.19. The molecule has 1 aromatic carbocycles. The first-order chi connectivity index (χ1) is 12.0. The zero-order valence-electron chi connectivity index (χ0n) is 13.8. The van der Waals surface area contributed by atoms with E-state index in [0.29, 0.717) is 17.1 Å². The topological polar surface area (TPSA) is 89.3 Å². The smallest absolute Gasteiger partial charge is 0.251 e. The highest BCUT2D eigenvalue weighted by Crippen LogP contribution is 2.33. The fourth-order valence-electron chi connectivity index (χ4n) is 3.53. The third-order valence-corrected chi connectivity index (χ3v) is 6.26. The maximum Gasteiger partial charge on any atom is 0.251 e. The number of carbonyl (C=O) groups is 1. The molecule has 1 aromatic heterocycles. The number of aromatic nitrogens is 1. The van der Waals surface area contributed by atoms with Crippen molar-refractivity contribution in [3.63, 3.8) is 0 Å². The number of benzene rings is 1. The number of oxazole rings is 1. The maximum atomic E-state index is 12.4. The molecule has 1 amide bonds. The van der Waals surface area contributed by atoms with Crippen LogP contribution >= 0.6 is 0 Å². The van der Waals surface area contributed by atoms with Gasteiger partial charge in [0.05, 0.1) is 11.8 Å². The predicted molar refractivity (Wildman–Crippen MR) is 94.0 cm³/mol. The van der Waals surface area contributed by atoms with Crippen molar-refractivity contribution in [1.82, 2.24) is 10.3 Å². The maximum absolute atomic E-state index is 12.4. The lowest BCUT2D eigenvalue weighted by atomic mass is 9.89. The van der Waals surface area contributed by atoms with Crippen LogP contribution in [0.4, 0.5) is 0 Å². The first-order valence-corrected chi connectivity index (χ1v) is 10.3. The van der Waals surface area contributed by atoms with Crippen LogP contribution in [0.3, 0.4) is 0 Å². The highest BCUT2D eigenvalue weighted by molar-refractivity contribution is 7.94. The molecule has 1 aliphatic carbocycles. The van der Waals surface area contributed by atoms with Crippen LogP contribution in [0.25, 0.3) is 11.1 Å². The highest BCUT2D eigenvalue weighted by Gasteiger charge is 2.24. The first-order valence-electron chi connectivity index (χ1n) is 8.62. The molecule has 0 saturated heterocycles. The molecule has 132 valence electrons. The minimum Gasteiger partial charge on any atom is -0.440 e. The Morgan fingerprint density at radius 2 is 2.00 bits per heavy atom. The largest absolute Gasteiger partial charge is 0.440 e. The van der Waals surface area contributed by atoms with Crippen LogP contribution in [-0.4, -0.2) is 31.1 Å². The van der Waals surface area contributed by atoms with Crippen LogP contribution in [0.1, 0.15) is 54.3 Å². The third-order valence-electron chi connectivity index (χ3n) is 4.87. The number of amides is 1. The predicted octanol–water partition coefficient (Wildman–Crippen LogP) is 2.92. The van der Waals surface area contributed by atoms with Gasteiger partial charge in [0.15, 0.2) is 21.3 Å². The zero-order chi connectivity index (χ0) is 17.4. The number of hydrogen-bond donors (Lipinski definition) is 1. The molecule has 0 bridgehead atoms. The van der Waals surface area contributed by atoms with Crippen LogP contribution in [-0.2, 0) is 9.84 Å². The van der Waals surface area contributed by atoms with E-state index >= 15 is 0 Å². The lowest BCUT2D eigenvalue weighted by molar-refractivity contribution is 0.0947. The molecule has 2 aromatic rings. The van der Waals surface area contributed by atoms with Gasteiger partial charge in [0.2, 0.25) is 0 Å². The lowest BCUT2D eigenvalue weighted by Crippen LogP contribution is -2.35.